The Morgan fingerprint density at radius 3 is 2.48 bits per heavy atom. The fourth-order valence-corrected chi connectivity index (χ4v) is 4.18. The third-order valence-electron chi connectivity index (χ3n) is 5.98. The van der Waals surface area contributed by atoms with Crippen molar-refractivity contribution in [1.82, 2.24) is 14.9 Å². The second-order valence-corrected chi connectivity index (χ2v) is 8.10. The zero-order chi connectivity index (χ0) is 21.0. The van der Waals surface area contributed by atoms with Crippen LogP contribution >= 0.6 is 0 Å². The standard InChI is InChI=1S/C24H28N6O/c1-28-12-14-29(15-13-28)21-9-7-20(8-10-21)27-23-17-24(26-18-25-23)30-22(11-16-31-30)19-5-3-2-4-6-19/h2-10,17-18,22H,11-16H2,1H3,(H,25,26,27)/t22-/m1/s1. The van der Waals surface area contributed by atoms with Crippen LogP contribution in [0.2, 0.25) is 0 Å². The number of rotatable bonds is 5. The molecule has 7 heteroatoms. The van der Waals surface area contributed by atoms with Crippen molar-refractivity contribution in [2.24, 2.45) is 0 Å². The van der Waals surface area contributed by atoms with Crippen LogP contribution in [0.5, 0.6) is 0 Å². The lowest BCUT2D eigenvalue weighted by molar-refractivity contribution is 0.157. The Bertz CT molecular complexity index is 988. The first-order valence-corrected chi connectivity index (χ1v) is 10.9. The maximum Gasteiger partial charge on any atom is 0.158 e. The smallest absolute Gasteiger partial charge is 0.158 e. The number of aromatic nitrogens is 2. The van der Waals surface area contributed by atoms with Crippen molar-refractivity contribution in [3.8, 4) is 0 Å². The van der Waals surface area contributed by atoms with Crippen molar-refractivity contribution in [3.63, 3.8) is 0 Å². The maximum atomic E-state index is 5.91. The van der Waals surface area contributed by atoms with E-state index >= 15 is 0 Å². The first-order chi connectivity index (χ1) is 15.3. The average Bonchev–Trinajstić information content (AvgIpc) is 3.31. The molecule has 160 valence electrons. The number of piperazine rings is 1. The van der Waals surface area contributed by atoms with E-state index in [0.29, 0.717) is 6.61 Å². The Labute approximate surface area is 183 Å². The Kier molecular flexibility index (Phi) is 5.69. The summed E-state index contributed by atoms with van der Waals surface area (Å²) in [6.45, 7) is 5.02. The molecule has 1 atom stereocenters. The Morgan fingerprint density at radius 1 is 0.935 bits per heavy atom. The summed E-state index contributed by atoms with van der Waals surface area (Å²) in [6.07, 6.45) is 2.52. The third-order valence-corrected chi connectivity index (χ3v) is 5.98. The van der Waals surface area contributed by atoms with Crippen molar-refractivity contribution in [2.75, 3.05) is 55.1 Å². The minimum atomic E-state index is 0.159. The molecular formula is C24H28N6O. The lowest BCUT2D eigenvalue weighted by Crippen LogP contribution is -2.44. The summed E-state index contributed by atoms with van der Waals surface area (Å²) in [6, 6.07) is 21.1. The van der Waals surface area contributed by atoms with Crippen LogP contribution in [0.3, 0.4) is 0 Å². The van der Waals surface area contributed by atoms with Crippen LogP contribution in [-0.4, -0.2) is 54.7 Å². The molecule has 0 radical (unpaired) electrons. The quantitative estimate of drug-likeness (QED) is 0.678. The molecule has 0 aliphatic carbocycles. The molecule has 5 rings (SSSR count). The fraction of sp³-hybridized carbons (Fsp3) is 0.333. The minimum absolute atomic E-state index is 0.159. The minimum Gasteiger partial charge on any atom is -0.369 e. The zero-order valence-corrected chi connectivity index (χ0v) is 17.8. The topological polar surface area (TPSA) is 56.8 Å². The van der Waals surface area contributed by atoms with E-state index < -0.39 is 0 Å². The van der Waals surface area contributed by atoms with Gasteiger partial charge in [0.1, 0.15) is 12.1 Å². The molecule has 0 amide bonds. The molecule has 2 saturated heterocycles. The van der Waals surface area contributed by atoms with Gasteiger partial charge in [-0.2, -0.15) is 0 Å². The third kappa shape index (κ3) is 4.47. The molecule has 0 bridgehead atoms. The summed E-state index contributed by atoms with van der Waals surface area (Å²) in [7, 11) is 2.18. The van der Waals surface area contributed by atoms with E-state index in [1.807, 2.05) is 17.2 Å². The van der Waals surface area contributed by atoms with E-state index in [1.54, 1.807) is 6.33 Å². The van der Waals surface area contributed by atoms with Crippen molar-refractivity contribution in [1.29, 1.82) is 0 Å². The second-order valence-electron chi connectivity index (χ2n) is 8.10. The highest BCUT2D eigenvalue weighted by molar-refractivity contribution is 5.62. The van der Waals surface area contributed by atoms with Gasteiger partial charge in [-0.05, 0) is 36.9 Å². The van der Waals surface area contributed by atoms with Gasteiger partial charge in [0.05, 0.1) is 12.6 Å². The molecule has 0 saturated carbocycles. The highest BCUT2D eigenvalue weighted by Crippen LogP contribution is 2.34. The number of hydrogen-bond donors (Lipinski definition) is 1. The molecule has 2 aliphatic rings. The van der Waals surface area contributed by atoms with Crippen molar-refractivity contribution in [2.45, 2.75) is 12.5 Å². The fourth-order valence-electron chi connectivity index (χ4n) is 4.18. The average molecular weight is 417 g/mol. The molecule has 1 aromatic heterocycles. The lowest BCUT2D eigenvalue weighted by atomic mass is 10.0. The van der Waals surface area contributed by atoms with Gasteiger partial charge in [-0.3, -0.25) is 4.84 Å². The largest absolute Gasteiger partial charge is 0.369 e. The van der Waals surface area contributed by atoms with E-state index in [1.165, 1.54) is 11.3 Å². The summed E-state index contributed by atoms with van der Waals surface area (Å²) >= 11 is 0. The first-order valence-electron chi connectivity index (χ1n) is 10.9. The maximum absolute atomic E-state index is 5.91. The van der Waals surface area contributed by atoms with Crippen LogP contribution in [0, 0.1) is 0 Å². The lowest BCUT2D eigenvalue weighted by Gasteiger charge is -2.34. The van der Waals surface area contributed by atoms with E-state index in [2.05, 4.69) is 80.7 Å². The molecule has 1 N–H and O–H groups in total. The predicted molar refractivity (Wildman–Crippen MR) is 124 cm³/mol. The summed E-state index contributed by atoms with van der Waals surface area (Å²) in [4.78, 5) is 19.6. The summed E-state index contributed by atoms with van der Waals surface area (Å²) in [5.41, 5.74) is 3.50. The summed E-state index contributed by atoms with van der Waals surface area (Å²) in [5, 5.41) is 5.30. The van der Waals surface area contributed by atoms with E-state index in [4.69, 9.17) is 4.84 Å². The van der Waals surface area contributed by atoms with E-state index in [9.17, 15) is 0 Å². The molecule has 3 aromatic rings. The van der Waals surface area contributed by atoms with Crippen LogP contribution in [0.25, 0.3) is 0 Å². The van der Waals surface area contributed by atoms with Gasteiger partial charge in [0.25, 0.3) is 0 Å². The molecule has 31 heavy (non-hydrogen) atoms. The summed E-state index contributed by atoms with van der Waals surface area (Å²) < 4.78 is 0. The van der Waals surface area contributed by atoms with Crippen molar-refractivity contribution < 1.29 is 4.84 Å². The van der Waals surface area contributed by atoms with Gasteiger partial charge in [-0.25, -0.2) is 15.0 Å². The predicted octanol–water partition coefficient (Wildman–Crippen LogP) is 3.86. The second kappa shape index (κ2) is 8.91. The van der Waals surface area contributed by atoms with Crippen molar-refractivity contribution in [3.05, 3.63) is 72.6 Å². The van der Waals surface area contributed by atoms with Gasteiger partial charge < -0.3 is 15.1 Å². The highest BCUT2D eigenvalue weighted by atomic mass is 16.7. The Hall–Kier alpha value is -3.16. The summed E-state index contributed by atoms with van der Waals surface area (Å²) in [5.74, 6) is 1.51. The van der Waals surface area contributed by atoms with Crippen molar-refractivity contribution >= 4 is 23.0 Å². The molecule has 2 aromatic carbocycles. The normalized spacial score (nSPS) is 19.6. The van der Waals surface area contributed by atoms with Gasteiger partial charge in [0.15, 0.2) is 5.82 Å². The molecule has 0 unspecified atom stereocenters. The van der Waals surface area contributed by atoms with Crippen LogP contribution in [0.1, 0.15) is 18.0 Å². The first kappa shape index (κ1) is 19.8. The van der Waals surface area contributed by atoms with E-state index in [0.717, 1.165) is 49.9 Å². The molecular weight excluding hydrogens is 388 g/mol. The number of nitrogens with zero attached hydrogens (tertiary/aromatic N) is 5. The number of likely N-dealkylation sites (N-methyl/N-ethyl adjacent to an activating group) is 1. The van der Waals surface area contributed by atoms with Crippen LogP contribution in [0.15, 0.2) is 67.0 Å². The number of hydroxylamine groups is 1. The molecule has 2 fully saturated rings. The Morgan fingerprint density at radius 2 is 1.71 bits per heavy atom. The number of hydrogen-bond acceptors (Lipinski definition) is 7. The zero-order valence-electron chi connectivity index (χ0n) is 17.8. The monoisotopic (exact) mass is 416 g/mol. The molecule has 3 heterocycles. The van der Waals surface area contributed by atoms with Gasteiger partial charge in [-0.1, -0.05) is 30.3 Å². The van der Waals surface area contributed by atoms with Gasteiger partial charge >= 0.3 is 0 Å². The Balaban J connectivity index is 1.28. The SMILES string of the molecule is CN1CCN(c2ccc(Nc3cc(N4OCC[C@@H]4c4ccccc4)ncn3)cc2)CC1. The van der Waals surface area contributed by atoms with Gasteiger partial charge in [-0.15, -0.1) is 0 Å². The number of benzene rings is 2. The molecule has 0 spiro atoms. The molecule has 2 aliphatic heterocycles. The number of anilines is 4. The van der Waals surface area contributed by atoms with E-state index in [-0.39, 0.29) is 6.04 Å². The van der Waals surface area contributed by atoms with Gasteiger partial charge in [0, 0.05) is 50.0 Å². The van der Waals surface area contributed by atoms with Gasteiger partial charge in [0.2, 0.25) is 0 Å². The molecule has 7 nitrogen and oxygen atoms in total. The van der Waals surface area contributed by atoms with Crippen LogP contribution < -0.4 is 15.3 Å². The highest BCUT2D eigenvalue weighted by Gasteiger charge is 2.29. The number of nitrogens with one attached hydrogen (secondary N) is 1. The van der Waals surface area contributed by atoms with Crippen LogP contribution in [0.4, 0.5) is 23.0 Å². The van der Waals surface area contributed by atoms with Crippen LogP contribution in [-0.2, 0) is 4.84 Å².